The third-order valence-electron chi connectivity index (χ3n) is 4.13. The molecule has 0 spiro atoms. The molecule has 0 amide bonds. The molecule has 0 saturated carbocycles. The molecule has 1 saturated heterocycles. The highest BCUT2D eigenvalue weighted by molar-refractivity contribution is 5.20. The average molecular weight is 266 g/mol. The highest BCUT2D eigenvalue weighted by Gasteiger charge is 2.28. The number of piperazine rings is 1. The fraction of sp³-hybridized carbons (Fsp3) is 0.600. The van der Waals surface area contributed by atoms with Crippen molar-refractivity contribution in [3.05, 3.63) is 35.6 Å². The van der Waals surface area contributed by atoms with Gasteiger partial charge in [-0.1, -0.05) is 18.2 Å². The first-order chi connectivity index (χ1) is 8.99. The number of β-amino-alcohol motifs (C(OH)–C–C–N with tert-alkyl or cyclic N) is 1. The minimum absolute atomic E-state index is 0.328. The van der Waals surface area contributed by atoms with Crippen molar-refractivity contribution in [2.75, 3.05) is 26.7 Å². The Morgan fingerprint density at radius 1 is 1.26 bits per heavy atom. The maximum atomic E-state index is 13.6. The zero-order valence-electron chi connectivity index (χ0n) is 11.9. The molecule has 1 N–H and O–H groups in total. The number of hydrogen-bond donors (Lipinski definition) is 1. The van der Waals surface area contributed by atoms with Crippen LogP contribution in [0.15, 0.2) is 24.3 Å². The van der Waals surface area contributed by atoms with E-state index in [-0.39, 0.29) is 5.82 Å². The maximum Gasteiger partial charge on any atom is 0.129 e. The van der Waals surface area contributed by atoms with E-state index in [1.54, 1.807) is 18.2 Å². The minimum Gasteiger partial charge on any atom is -0.387 e. The van der Waals surface area contributed by atoms with Crippen molar-refractivity contribution in [2.24, 2.45) is 0 Å². The lowest BCUT2D eigenvalue weighted by Crippen LogP contribution is -2.55. The van der Waals surface area contributed by atoms with E-state index in [0.717, 1.165) is 13.1 Å². The van der Waals surface area contributed by atoms with Crippen LogP contribution in [0.3, 0.4) is 0 Å². The van der Waals surface area contributed by atoms with E-state index in [0.29, 0.717) is 24.2 Å². The summed E-state index contributed by atoms with van der Waals surface area (Å²) in [6.07, 6.45) is -0.760. The average Bonchev–Trinajstić information content (AvgIpc) is 2.36. The second-order valence-corrected chi connectivity index (χ2v) is 5.62. The van der Waals surface area contributed by atoms with Gasteiger partial charge < -0.3 is 5.11 Å². The van der Waals surface area contributed by atoms with Gasteiger partial charge in [0, 0.05) is 37.3 Å². The molecule has 1 aliphatic heterocycles. The lowest BCUT2D eigenvalue weighted by Gasteiger charge is -2.43. The van der Waals surface area contributed by atoms with Gasteiger partial charge in [0.05, 0.1) is 6.10 Å². The van der Waals surface area contributed by atoms with Crippen LogP contribution in [0.25, 0.3) is 0 Å². The number of benzene rings is 1. The van der Waals surface area contributed by atoms with Gasteiger partial charge >= 0.3 is 0 Å². The first-order valence-electron chi connectivity index (χ1n) is 6.85. The molecule has 3 nitrogen and oxygen atoms in total. The van der Waals surface area contributed by atoms with Crippen LogP contribution in [0.5, 0.6) is 0 Å². The highest BCUT2D eigenvalue weighted by atomic mass is 19.1. The van der Waals surface area contributed by atoms with E-state index < -0.39 is 6.10 Å². The molecule has 3 unspecified atom stereocenters. The summed E-state index contributed by atoms with van der Waals surface area (Å²) in [6, 6.07) is 7.37. The number of nitrogens with zero attached hydrogens (tertiary/aromatic N) is 2. The smallest absolute Gasteiger partial charge is 0.129 e. The summed E-state index contributed by atoms with van der Waals surface area (Å²) < 4.78 is 13.6. The molecule has 1 aromatic carbocycles. The van der Waals surface area contributed by atoms with Crippen molar-refractivity contribution in [1.29, 1.82) is 0 Å². The molecule has 1 aliphatic rings. The van der Waals surface area contributed by atoms with E-state index in [1.807, 2.05) is 0 Å². The van der Waals surface area contributed by atoms with Crippen molar-refractivity contribution in [1.82, 2.24) is 9.80 Å². The standard InChI is InChI=1S/C15H23FN2O/c1-11-8-18(9-12(2)17(11)3)10-15(19)13-6-4-5-7-14(13)16/h4-7,11-12,15,19H,8-10H2,1-3H3. The third kappa shape index (κ3) is 3.32. The lowest BCUT2D eigenvalue weighted by atomic mass is 10.1. The van der Waals surface area contributed by atoms with E-state index in [2.05, 4.69) is 30.7 Å². The maximum absolute atomic E-state index is 13.6. The molecule has 1 heterocycles. The van der Waals surface area contributed by atoms with Crippen LogP contribution in [-0.2, 0) is 0 Å². The molecule has 106 valence electrons. The monoisotopic (exact) mass is 266 g/mol. The van der Waals surface area contributed by atoms with Gasteiger partial charge in [-0.15, -0.1) is 0 Å². The van der Waals surface area contributed by atoms with E-state index in [4.69, 9.17) is 0 Å². The Morgan fingerprint density at radius 2 is 1.84 bits per heavy atom. The highest BCUT2D eigenvalue weighted by Crippen LogP contribution is 2.20. The second-order valence-electron chi connectivity index (χ2n) is 5.62. The molecule has 1 aromatic rings. The SMILES string of the molecule is CC1CN(CC(O)c2ccccc2F)CC(C)N1C. The number of halogens is 1. The van der Waals surface area contributed by atoms with Gasteiger partial charge in [-0.2, -0.15) is 0 Å². The predicted molar refractivity (Wildman–Crippen MR) is 74.5 cm³/mol. The molecule has 1 fully saturated rings. The lowest BCUT2D eigenvalue weighted by molar-refractivity contribution is 0.0273. The zero-order valence-corrected chi connectivity index (χ0v) is 11.9. The fourth-order valence-electron chi connectivity index (χ4n) is 2.75. The van der Waals surface area contributed by atoms with Crippen LogP contribution < -0.4 is 0 Å². The van der Waals surface area contributed by atoms with Gasteiger partial charge in [-0.05, 0) is 27.0 Å². The molecular weight excluding hydrogens is 243 g/mol. The first-order valence-corrected chi connectivity index (χ1v) is 6.85. The minimum atomic E-state index is -0.760. The molecule has 0 aliphatic carbocycles. The largest absolute Gasteiger partial charge is 0.387 e. The Morgan fingerprint density at radius 3 is 2.42 bits per heavy atom. The van der Waals surface area contributed by atoms with Crippen LogP contribution >= 0.6 is 0 Å². The Balaban J connectivity index is 2.00. The normalized spacial score (nSPS) is 27.4. The molecule has 3 atom stereocenters. The summed E-state index contributed by atoms with van der Waals surface area (Å²) in [5, 5.41) is 10.2. The van der Waals surface area contributed by atoms with E-state index in [1.165, 1.54) is 6.07 Å². The number of aliphatic hydroxyl groups excluding tert-OH is 1. The van der Waals surface area contributed by atoms with Crippen LogP contribution in [0.2, 0.25) is 0 Å². The van der Waals surface area contributed by atoms with Crippen molar-refractivity contribution in [3.8, 4) is 0 Å². The predicted octanol–water partition coefficient (Wildman–Crippen LogP) is 1.88. The first kappa shape index (κ1) is 14.4. The van der Waals surface area contributed by atoms with Crippen molar-refractivity contribution >= 4 is 0 Å². The fourth-order valence-corrected chi connectivity index (χ4v) is 2.75. The summed E-state index contributed by atoms with van der Waals surface area (Å²) >= 11 is 0. The summed E-state index contributed by atoms with van der Waals surface area (Å²) in [5.41, 5.74) is 0.390. The van der Waals surface area contributed by atoms with Gasteiger partial charge in [-0.25, -0.2) is 4.39 Å². The molecule has 2 rings (SSSR count). The number of aliphatic hydroxyl groups is 1. The van der Waals surface area contributed by atoms with Gasteiger partial charge in [0.1, 0.15) is 5.82 Å². The van der Waals surface area contributed by atoms with Crippen molar-refractivity contribution in [2.45, 2.75) is 32.0 Å². The third-order valence-corrected chi connectivity index (χ3v) is 4.13. The molecular formula is C15H23FN2O. The Bertz CT molecular complexity index is 414. The summed E-state index contributed by atoms with van der Waals surface area (Å²) in [6.45, 7) is 6.67. The van der Waals surface area contributed by atoms with Crippen LogP contribution in [0.1, 0.15) is 25.5 Å². The Hall–Kier alpha value is -0.970. The molecule has 0 radical (unpaired) electrons. The Kier molecular flexibility index (Phi) is 4.55. The van der Waals surface area contributed by atoms with E-state index in [9.17, 15) is 9.50 Å². The van der Waals surface area contributed by atoms with Crippen LogP contribution in [-0.4, -0.2) is 53.7 Å². The number of rotatable bonds is 3. The summed E-state index contributed by atoms with van der Waals surface area (Å²) in [5.74, 6) is -0.328. The molecule has 19 heavy (non-hydrogen) atoms. The Labute approximate surface area is 114 Å². The van der Waals surface area contributed by atoms with Gasteiger partial charge in [-0.3, -0.25) is 9.80 Å². The number of likely N-dealkylation sites (N-methyl/N-ethyl adjacent to an activating group) is 1. The number of hydrogen-bond acceptors (Lipinski definition) is 3. The molecule has 0 aromatic heterocycles. The molecule has 4 heteroatoms. The van der Waals surface area contributed by atoms with Crippen LogP contribution in [0.4, 0.5) is 4.39 Å². The van der Waals surface area contributed by atoms with Gasteiger partial charge in [0.2, 0.25) is 0 Å². The summed E-state index contributed by atoms with van der Waals surface area (Å²) in [4.78, 5) is 4.55. The van der Waals surface area contributed by atoms with Crippen molar-refractivity contribution in [3.63, 3.8) is 0 Å². The van der Waals surface area contributed by atoms with Crippen molar-refractivity contribution < 1.29 is 9.50 Å². The topological polar surface area (TPSA) is 26.7 Å². The van der Waals surface area contributed by atoms with Gasteiger partial charge in [0.15, 0.2) is 0 Å². The van der Waals surface area contributed by atoms with E-state index >= 15 is 0 Å². The summed E-state index contributed by atoms with van der Waals surface area (Å²) in [7, 11) is 2.12. The van der Waals surface area contributed by atoms with Gasteiger partial charge in [0.25, 0.3) is 0 Å². The zero-order chi connectivity index (χ0) is 14.0. The quantitative estimate of drug-likeness (QED) is 0.905. The second kappa shape index (κ2) is 5.99. The molecule has 0 bridgehead atoms. The van der Waals surface area contributed by atoms with Crippen LogP contribution in [0, 0.1) is 5.82 Å².